The third-order valence-corrected chi connectivity index (χ3v) is 5.61. The maximum Gasteiger partial charge on any atom is 0.329 e. The summed E-state index contributed by atoms with van der Waals surface area (Å²) in [6, 6.07) is 12.7. The van der Waals surface area contributed by atoms with E-state index in [4.69, 9.17) is 4.74 Å². The van der Waals surface area contributed by atoms with Gasteiger partial charge in [0, 0.05) is 24.5 Å². The molecular formula is C24H26N4O4. The van der Waals surface area contributed by atoms with Gasteiger partial charge >= 0.3 is 6.03 Å². The van der Waals surface area contributed by atoms with Gasteiger partial charge in [-0.1, -0.05) is 24.3 Å². The van der Waals surface area contributed by atoms with E-state index in [1.807, 2.05) is 44.2 Å². The SMILES string of the molecule is Cc1cc(N2CCOCC2)ccc1/C=C1\NC(=O)N(CC(=O)Nc2ccccc2C)C1=O. The van der Waals surface area contributed by atoms with Gasteiger partial charge in [0.2, 0.25) is 5.91 Å². The fourth-order valence-electron chi connectivity index (χ4n) is 3.76. The number of morpholine rings is 1. The molecule has 4 amide bonds. The number of nitrogens with one attached hydrogen (secondary N) is 2. The van der Waals surface area contributed by atoms with E-state index in [2.05, 4.69) is 21.6 Å². The zero-order valence-electron chi connectivity index (χ0n) is 18.2. The van der Waals surface area contributed by atoms with Crippen LogP contribution in [0.25, 0.3) is 6.08 Å². The van der Waals surface area contributed by atoms with Crippen molar-refractivity contribution in [3.8, 4) is 0 Å². The molecule has 0 bridgehead atoms. The molecule has 2 aromatic carbocycles. The van der Waals surface area contributed by atoms with Gasteiger partial charge in [0.25, 0.3) is 5.91 Å². The summed E-state index contributed by atoms with van der Waals surface area (Å²) in [5.41, 5.74) is 4.62. The summed E-state index contributed by atoms with van der Waals surface area (Å²) in [4.78, 5) is 40.7. The van der Waals surface area contributed by atoms with Crippen LogP contribution in [0.4, 0.5) is 16.2 Å². The minimum absolute atomic E-state index is 0.154. The van der Waals surface area contributed by atoms with Crippen LogP contribution in [-0.4, -0.2) is 55.6 Å². The molecule has 0 spiro atoms. The van der Waals surface area contributed by atoms with E-state index in [1.54, 1.807) is 12.1 Å². The van der Waals surface area contributed by atoms with E-state index in [9.17, 15) is 14.4 Å². The highest BCUT2D eigenvalue weighted by Gasteiger charge is 2.35. The van der Waals surface area contributed by atoms with E-state index >= 15 is 0 Å². The lowest BCUT2D eigenvalue weighted by Gasteiger charge is -2.29. The minimum atomic E-state index is -0.608. The summed E-state index contributed by atoms with van der Waals surface area (Å²) in [6.45, 7) is 6.58. The number of hydrogen-bond donors (Lipinski definition) is 2. The number of carbonyl (C=O) groups is 3. The number of ether oxygens (including phenoxy) is 1. The first-order chi connectivity index (χ1) is 15.4. The van der Waals surface area contributed by atoms with Gasteiger partial charge in [-0.3, -0.25) is 9.59 Å². The molecule has 0 radical (unpaired) electrons. The lowest BCUT2D eigenvalue weighted by Crippen LogP contribution is -2.38. The van der Waals surface area contributed by atoms with E-state index < -0.39 is 17.8 Å². The van der Waals surface area contributed by atoms with Crippen molar-refractivity contribution in [2.75, 3.05) is 43.1 Å². The fraction of sp³-hybridized carbons (Fsp3) is 0.292. The van der Waals surface area contributed by atoms with Gasteiger partial charge in [-0.05, 0) is 54.8 Å². The van der Waals surface area contributed by atoms with Crippen molar-refractivity contribution in [3.63, 3.8) is 0 Å². The van der Waals surface area contributed by atoms with Crippen molar-refractivity contribution in [1.29, 1.82) is 0 Å². The zero-order valence-corrected chi connectivity index (χ0v) is 18.2. The molecule has 0 unspecified atom stereocenters. The maximum atomic E-state index is 12.8. The number of rotatable bonds is 5. The van der Waals surface area contributed by atoms with Gasteiger partial charge in [-0.15, -0.1) is 0 Å². The smallest absolute Gasteiger partial charge is 0.329 e. The highest BCUT2D eigenvalue weighted by molar-refractivity contribution is 6.16. The van der Waals surface area contributed by atoms with Crippen LogP contribution in [0.2, 0.25) is 0 Å². The van der Waals surface area contributed by atoms with Crippen LogP contribution in [0.1, 0.15) is 16.7 Å². The molecule has 2 aromatic rings. The molecule has 32 heavy (non-hydrogen) atoms. The fourth-order valence-corrected chi connectivity index (χ4v) is 3.76. The zero-order chi connectivity index (χ0) is 22.7. The number of urea groups is 1. The summed E-state index contributed by atoms with van der Waals surface area (Å²) in [5.74, 6) is -0.957. The van der Waals surface area contributed by atoms with Crippen LogP contribution in [-0.2, 0) is 14.3 Å². The largest absolute Gasteiger partial charge is 0.378 e. The van der Waals surface area contributed by atoms with E-state index in [-0.39, 0.29) is 12.2 Å². The monoisotopic (exact) mass is 434 g/mol. The quantitative estimate of drug-likeness (QED) is 0.558. The molecule has 2 fully saturated rings. The number of hydrogen-bond acceptors (Lipinski definition) is 5. The average molecular weight is 434 g/mol. The first-order valence-corrected chi connectivity index (χ1v) is 10.6. The Bertz CT molecular complexity index is 1090. The summed E-state index contributed by atoms with van der Waals surface area (Å²) in [5, 5.41) is 5.32. The second kappa shape index (κ2) is 9.23. The molecule has 0 aromatic heterocycles. The molecule has 2 aliphatic rings. The molecule has 8 nitrogen and oxygen atoms in total. The summed E-state index contributed by atoms with van der Waals surface area (Å²) in [7, 11) is 0. The highest BCUT2D eigenvalue weighted by Crippen LogP contribution is 2.23. The molecular weight excluding hydrogens is 408 g/mol. The summed E-state index contributed by atoms with van der Waals surface area (Å²) >= 11 is 0. The number of carbonyl (C=O) groups excluding carboxylic acids is 3. The van der Waals surface area contributed by atoms with Crippen molar-refractivity contribution in [2.24, 2.45) is 0 Å². The van der Waals surface area contributed by atoms with E-state index in [0.29, 0.717) is 18.9 Å². The third-order valence-electron chi connectivity index (χ3n) is 5.61. The molecule has 166 valence electrons. The number of benzene rings is 2. The average Bonchev–Trinajstić information content (AvgIpc) is 3.04. The Morgan fingerprint density at radius 1 is 1.09 bits per heavy atom. The maximum absolute atomic E-state index is 12.8. The number of imide groups is 1. The van der Waals surface area contributed by atoms with Crippen LogP contribution < -0.4 is 15.5 Å². The number of anilines is 2. The number of aryl methyl sites for hydroxylation is 2. The normalized spacial score (nSPS) is 17.6. The van der Waals surface area contributed by atoms with Gasteiger partial charge < -0.3 is 20.3 Å². The Kier molecular flexibility index (Phi) is 6.23. The molecule has 0 aliphatic carbocycles. The lowest BCUT2D eigenvalue weighted by molar-refractivity contribution is -0.127. The van der Waals surface area contributed by atoms with Crippen molar-refractivity contribution >= 4 is 35.3 Å². The standard InChI is InChI=1S/C24H26N4O4/c1-16-5-3-4-6-20(16)25-22(29)15-28-23(30)21(26-24(28)31)14-18-7-8-19(13-17(18)2)27-9-11-32-12-10-27/h3-8,13-14H,9-12,15H2,1-2H3,(H,25,29)(H,26,31)/b21-14-. The van der Waals surface area contributed by atoms with Crippen LogP contribution in [0.5, 0.6) is 0 Å². The molecule has 8 heteroatoms. The van der Waals surface area contributed by atoms with Crippen LogP contribution in [0, 0.1) is 13.8 Å². The second-order valence-electron chi connectivity index (χ2n) is 7.88. The van der Waals surface area contributed by atoms with Crippen LogP contribution in [0.15, 0.2) is 48.2 Å². The number of amides is 4. The Morgan fingerprint density at radius 3 is 2.56 bits per heavy atom. The first-order valence-electron chi connectivity index (χ1n) is 10.6. The Labute approximate surface area is 186 Å². The van der Waals surface area contributed by atoms with Crippen molar-refractivity contribution in [2.45, 2.75) is 13.8 Å². The van der Waals surface area contributed by atoms with Gasteiger partial charge in [0.15, 0.2) is 0 Å². The molecule has 2 saturated heterocycles. The van der Waals surface area contributed by atoms with Gasteiger partial charge in [-0.2, -0.15) is 0 Å². The van der Waals surface area contributed by atoms with E-state index in [1.165, 1.54) is 0 Å². The molecule has 2 N–H and O–H groups in total. The number of nitrogens with zero attached hydrogens (tertiary/aromatic N) is 2. The van der Waals surface area contributed by atoms with Gasteiger partial charge in [0.1, 0.15) is 12.2 Å². The predicted molar refractivity (Wildman–Crippen MR) is 122 cm³/mol. The van der Waals surface area contributed by atoms with Crippen LogP contribution >= 0.6 is 0 Å². The second-order valence-corrected chi connectivity index (χ2v) is 7.88. The van der Waals surface area contributed by atoms with Gasteiger partial charge in [-0.25, -0.2) is 9.69 Å². The van der Waals surface area contributed by atoms with Crippen molar-refractivity contribution in [1.82, 2.24) is 10.2 Å². The summed E-state index contributed by atoms with van der Waals surface area (Å²) < 4.78 is 5.40. The Morgan fingerprint density at radius 2 is 1.84 bits per heavy atom. The third kappa shape index (κ3) is 4.65. The van der Waals surface area contributed by atoms with E-state index in [0.717, 1.165) is 40.4 Å². The molecule has 4 rings (SSSR count). The highest BCUT2D eigenvalue weighted by atomic mass is 16.5. The molecule has 2 heterocycles. The summed E-state index contributed by atoms with van der Waals surface area (Å²) in [6.07, 6.45) is 1.65. The van der Waals surface area contributed by atoms with Crippen LogP contribution in [0.3, 0.4) is 0 Å². The van der Waals surface area contributed by atoms with Crippen molar-refractivity contribution in [3.05, 3.63) is 64.9 Å². The Hall–Kier alpha value is -3.65. The van der Waals surface area contributed by atoms with Crippen molar-refractivity contribution < 1.29 is 19.1 Å². The molecule has 0 atom stereocenters. The molecule has 2 aliphatic heterocycles. The Balaban J connectivity index is 1.45. The topological polar surface area (TPSA) is 91.0 Å². The molecule has 0 saturated carbocycles. The lowest BCUT2D eigenvalue weighted by atomic mass is 10.1. The minimum Gasteiger partial charge on any atom is -0.378 e. The van der Waals surface area contributed by atoms with Gasteiger partial charge in [0.05, 0.1) is 13.2 Å². The number of para-hydroxylation sites is 1. The first kappa shape index (κ1) is 21.6. The predicted octanol–water partition coefficient (Wildman–Crippen LogP) is 2.67.